The maximum Gasteiger partial charge on any atom is 0.308 e. The summed E-state index contributed by atoms with van der Waals surface area (Å²) in [5, 5.41) is 8.92. The molecule has 3 nitrogen and oxygen atoms in total. The van der Waals surface area contributed by atoms with Gasteiger partial charge in [-0.3, -0.25) is 4.79 Å². The van der Waals surface area contributed by atoms with Crippen LogP contribution < -0.4 is 0 Å². The highest BCUT2D eigenvalue weighted by molar-refractivity contribution is 5.69. The zero-order valence-electron chi connectivity index (χ0n) is 8.14. The lowest BCUT2D eigenvalue weighted by Crippen LogP contribution is -2.12. The molecule has 0 saturated heterocycles. The Morgan fingerprint density at radius 3 is 2.64 bits per heavy atom. The maximum atomic E-state index is 11.0. The van der Waals surface area contributed by atoms with E-state index in [1.807, 2.05) is 30.3 Å². The summed E-state index contributed by atoms with van der Waals surface area (Å²) in [6.07, 6.45) is -0.592. The Kier molecular flexibility index (Phi) is 4.13. The minimum absolute atomic E-state index is 0.0484. The van der Waals surface area contributed by atoms with Gasteiger partial charge in [0, 0.05) is 0 Å². The molecule has 1 N–H and O–H groups in total. The van der Waals surface area contributed by atoms with Crippen molar-refractivity contribution in [3.05, 3.63) is 35.9 Å². The standard InChI is InChI=1S/C11H14O3/c1-9(12)7-11(13)14-8-10-5-3-2-4-6-10/h2-6,9,12H,7-8H2,1H3/t9-/m1/s1/i1+1,7+1,9+1,11+1. The minimum atomic E-state index is -0.640. The van der Waals surface area contributed by atoms with E-state index in [1.54, 1.807) is 6.92 Å². The predicted molar refractivity (Wildman–Crippen MR) is 52.5 cm³/mol. The topological polar surface area (TPSA) is 46.5 Å². The third-order valence-electron chi connectivity index (χ3n) is 1.70. The first-order valence-corrected chi connectivity index (χ1v) is 4.56. The summed E-state index contributed by atoms with van der Waals surface area (Å²) in [5.74, 6) is -0.371. The van der Waals surface area contributed by atoms with E-state index in [4.69, 9.17) is 9.84 Å². The zero-order chi connectivity index (χ0) is 10.4. The fourth-order valence-corrected chi connectivity index (χ4v) is 1.04. The van der Waals surface area contributed by atoms with Crippen molar-refractivity contribution < 1.29 is 14.6 Å². The van der Waals surface area contributed by atoms with Crippen LogP contribution in [0.1, 0.15) is 18.9 Å². The number of carbonyl (C=O) groups is 1. The molecule has 1 aromatic carbocycles. The SMILES string of the molecule is [13CH3][13C@@H](O)[13CH2][13C](=O)OCc1ccccc1. The largest absolute Gasteiger partial charge is 0.461 e. The number of hydrogen-bond donors (Lipinski definition) is 1. The summed E-state index contributed by atoms with van der Waals surface area (Å²) in [5.41, 5.74) is 0.950. The van der Waals surface area contributed by atoms with Crippen molar-refractivity contribution in [3.8, 4) is 0 Å². The van der Waals surface area contributed by atoms with E-state index in [-0.39, 0.29) is 19.0 Å². The summed E-state index contributed by atoms with van der Waals surface area (Å²) >= 11 is 0. The van der Waals surface area contributed by atoms with Gasteiger partial charge in [0.25, 0.3) is 0 Å². The molecular weight excluding hydrogens is 184 g/mol. The number of aliphatic hydroxyl groups is 1. The first-order chi connectivity index (χ1) is 6.68. The maximum absolute atomic E-state index is 11.0. The number of esters is 1. The second-order valence-corrected chi connectivity index (χ2v) is 3.20. The number of rotatable bonds is 4. The van der Waals surface area contributed by atoms with Crippen LogP contribution in [-0.2, 0) is 16.1 Å². The molecule has 0 aliphatic heterocycles. The van der Waals surface area contributed by atoms with Crippen LogP contribution >= 0.6 is 0 Å². The van der Waals surface area contributed by atoms with Crippen LogP contribution in [0, 0.1) is 0 Å². The average Bonchev–Trinajstić information content (AvgIpc) is 2.15. The molecule has 0 bridgehead atoms. The van der Waals surface area contributed by atoms with E-state index in [9.17, 15) is 4.79 Å². The molecule has 1 atom stereocenters. The van der Waals surface area contributed by atoms with Gasteiger partial charge in [0.15, 0.2) is 0 Å². The molecule has 0 radical (unpaired) electrons. The molecule has 0 aliphatic carbocycles. The third-order valence-corrected chi connectivity index (χ3v) is 1.70. The van der Waals surface area contributed by atoms with Gasteiger partial charge in [-0.1, -0.05) is 30.3 Å². The smallest absolute Gasteiger partial charge is 0.308 e. The Balaban J connectivity index is 2.31. The van der Waals surface area contributed by atoms with Gasteiger partial charge in [0.1, 0.15) is 6.61 Å². The Labute approximate surface area is 83.3 Å². The van der Waals surface area contributed by atoms with E-state index in [1.165, 1.54) is 0 Å². The highest BCUT2D eigenvalue weighted by Gasteiger charge is 2.06. The lowest BCUT2D eigenvalue weighted by atomic mass is 10.2. The number of hydrogen-bond acceptors (Lipinski definition) is 3. The molecule has 0 spiro atoms. The fourth-order valence-electron chi connectivity index (χ4n) is 1.04. The van der Waals surface area contributed by atoms with Crippen molar-refractivity contribution in [2.24, 2.45) is 0 Å². The Morgan fingerprint density at radius 2 is 2.07 bits per heavy atom. The van der Waals surface area contributed by atoms with Gasteiger partial charge in [-0.25, -0.2) is 0 Å². The molecule has 0 unspecified atom stereocenters. The summed E-state index contributed by atoms with van der Waals surface area (Å²) in [6.45, 7) is 1.83. The lowest BCUT2D eigenvalue weighted by molar-refractivity contribution is -0.146. The van der Waals surface area contributed by atoms with Crippen molar-refractivity contribution >= 4 is 5.97 Å². The van der Waals surface area contributed by atoms with E-state index in [0.717, 1.165) is 5.56 Å². The van der Waals surface area contributed by atoms with Crippen LogP contribution in [0.3, 0.4) is 0 Å². The first-order valence-electron chi connectivity index (χ1n) is 4.56. The van der Waals surface area contributed by atoms with Gasteiger partial charge in [-0.2, -0.15) is 0 Å². The molecule has 0 heterocycles. The molecule has 0 amide bonds. The van der Waals surface area contributed by atoms with E-state index in [2.05, 4.69) is 0 Å². The molecule has 76 valence electrons. The van der Waals surface area contributed by atoms with Crippen LogP contribution in [0.4, 0.5) is 0 Å². The third kappa shape index (κ3) is 4.05. The van der Waals surface area contributed by atoms with Crippen molar-refractivity contribution in [2.75, 3.05) is 0 Å². The normalized spacial score (nSPS) is 12.1. The molecule has 1 rings (SSSR count). The molecule has 1 aromatic rings. The predicted octanol–water partition coefficient (Wildman–Crippen LogP) is 1.50. The molecule has 14 heavy (non-hydrogen) atoms. The molecule has 0 fully saturated rings. The van der Waals surface area contributed by atoms with Gasteiger partial charge >= 0.3 is 5.97 Å². The van der Waals surface area contributed by atoms with E-state index in [0.29, 0.717) is 0 Å². The molecule has 0 aliphatic rings. The van der Waals surface area contributed by atoms with Gasteiger partial charge in [0.05, 0.1) is 12.5 Å². The van der Waals surface area contributed by atoms with Gasteiger partial charge in [-0.15, -0.1) is 0 Å². The number of carbonyl (C=O) groups excluding carboxylic acids is 1. The highest BCUT2D eigenvalue weighted by atomic mass is 16.6. The molecular formula is C11H14O3. The number of ether oxygens (including phenoxy) is 1. The second kappa shape index (κ2) is 5.40. The Hall–Kier alpha value is -1.35. The van der Waals surface area contributed by atoms with E-state index >= 15 is 0 Å². The molecule has 0 aromatic heterocycles. The first kappa shape index (κ1) is 10.7. The quantitative estimate of drug-likeness (QED) is 0.589. The lowest BCUT2D eigenvalue weighted by Gasteiger charge is -2.05. The summed E-state index contributed by atoms with van der Waals surface area (Å²) in [7, 11) is 0. The summed E-state index contributed by atoms with van der Waals surface area (Å²) in [4.78, 5) is 11.0. The van der Waals surface area contributed by atoms with Crippen LogP contribution in [0.2, 0.25) is 0 Å². The number of aliphatic hydroxyl groups excluding tert-OH is 1. The van der Waals surface area contributed by atoms with E-state index < -0.39 is 6.10 Å². The van der Waals surface area contributed by atoms with Crippen molar-refractivity contribution in [1.29, 1.82) is 0 Å². The van der Waals surface area contributed by atoms with Crippen molar-refractivity contribution in [3.63, 3.8) is 0 Å². The minimum Gasteiger partial charge on any atom is -0.461 e. The van der Waals surface area contributed by atoms with Crippen LogP contribution in [-0.4, -0.2) is 17.2 Å². The van der Waals surface area contributed by atoms with Crippen LogP contribution in [0.25, 0.3) is 0 Å². The zero-order valence-corrected chi connectivity index (χ0v) is 8.14. The van der Waals surface area contributed by atoms with Crippen LogP contribution in [0.15, 0.2) is 30.3 Å². The van der Waals surface area contributed by atoms with Crippen LogP contribution in [0.5, 0.6) is 0 Å². The highest BCUT2D eigenvalue weighted by Crippen LogP contribution is 2.02. The second-order valence-electron chi connectivity index (χ2n) is 3.20. The number of benzene rings is 1. The summed E-state index contributed by atoms with van der Waals surface area (Å²) < 4.78 is 4.94. The molecule has 3 heteroatoms. The Bertz CT molecular complexity index is 280. The van der Waals surface area contributed by atoms with Gasteiger partial charge in [-0.05, 0) is 12.5 Å². The van der Waals surface area contributed by atoms with Gasteiger partial charge < -0.3 is 9.84 Å². The summed E-state index contributed by atoms with van der Waals surface area (Å²) in [6, 6.07) is 9.45. The van der Waals surface area contributed by atoms with Gasteiger partial charge in [0.2, 0.25) is 0 Å². The Morgan fingerprint density at radius 1 is 1.43 bits per heavy atom. The van der Waals surface area contributed by atoms with Crippen molar-refractivity contribution in [1.82, 2.24) is 0 Å². The van der Waals surface area contributed by atoms with Crippen molar-refractivity contribution in [2.45, 2.75) is 26.1 Å². The molecule has 0 saturated carbocycles. The monoisotopic (exact) mass is 198 g/mol. The fraction of sp³-hybridized carbons (Fsp3) is 0.364. The average molecular weight is 198 g/mol.